The standard InChI is InChI=1S/C15H17NO3/c1-10-3-5-11(6-4-10)15(19)13-8-7-12(16(13)2)9-14(17)18/h3-8,15,19H,9H2,1-2H3,(H,17,18). The Labute approximate surface area is 111 Å². The molecular weight excluding hydrogens is 242 g/mol. The van der Waals surface area contributed by atoms with Gasteiger partial charge in [-0.1, -0.05) is 29.8 Å². The van der Waals surface area contributed by atoms with Gasteiger partial charge in [0, 0.05) is 12.7 Å². The molecule has 1 heterocycles. The van der Waals surface area contributed by atoms with Crippen LogP contribution in [0.3, 0.4) is 0 Å². The minimum absolute atomic E-state index is 0.0445. The molecule has 4 heteroatoms. The zero-order valence-electron chi connectivity index (χ0n) is 11.0. The molecule has 2 aromatic rings. The van der Waals surface area contributed by atoms with E-state index >= 15 is 0 Å². The van der Waals surface area contributed by atoms with Crippen LogP contribution in [-0.4, -0.2) is 20.7 Å². The average molecular weight is 259 g/mol. The minimum atomic E-state index is -0.877. The van der Waals surface area contributed by atoms with Gasteiger partial charge in [0.05, 0.1) is 12.1 Å². The monoisotopic (exact) mass is 259 g/mol. The van der Waals surface area contributed by atoms with Crippen molar-refractivity contribution in [3.63, 3.8) is 0 Å². The Bertz CT molecular complexity index is 584. The topological polar surface area (TPSA) is 62.5 Å². The van der Waals surface area contributed by atoms with Crippen LogP contribution >= 0.6 is 0 Å². The maximum Gasteiger partial charge on any atom is 0.309 e. The first-order valence-electron chi connectivity index (χ1n) is 6.10. The summed E-state index contributed by atoms with van der Waals surface area (Å²) in [6.07, 6.45) is -0.787. The average Bonchev–Trinajstić information content (AvgIpc) is 2.70. The van der Waals surface area contributed by atoms with Crippen molar-refractivity contribution < 1.29 is 15.0 Å². The summed E-state index contributed by atoms with van der Waals surface area (Å²) in [5, 5.41) is 19.2. The number of carboxylic acid groups (broad SMARTS) is 1. The minimum Gasteiger partial charge on any atom is -0.481 e. The first kappa shape index (κ1) is 13.4. The third-order valence-electron chi connectivity index (χ3n) is 3.27. The summed E-state index contributed by atoms with van der Waals surface area (Å²) in [5.74, 6) is -0.877. The molecule has 2 rings (SSSR count). The molecule has 0 spiro atoms. The molecule has 0 saturated carbocycles. The number of aliphatic carboxylic acids is 1. The Morgan fingerprint density at radius 1 is 1.21 bits per heavy atom. The molecule has 0 fully saturated rings. The van der Waals surface area contributed by atoms with Crippen LogP contribution in [-0.2, 0) is 18.3 Å². The lowest BCUT2D eigenvalue weighted by atomic mass is 10.1. The zero-order valence-corrected chi connectivity index (χ0v) is 11.0. The predicted molar refractivity (Wildman–Crippen MR) is 72.0 cm³/mol. The van der Waals surface area contributed by atoms with Crippen molar-refractivity contribution in [2.75, 3.05) is 0 Å². The van der Waals surface area contributed by atoms with Crippen LogP contribution in [0.15, 0.2) is 36.4 Å². The van der Waals surface area contributed by atoms with Gasteiger partial charge in [0.1, 0.15) is 6.10 Å². The van der Waals surface area contributed by atoms with Crippen molar-refractivity contribution in [2.45, 2.75) is 19.4 Å². The van der Waals surface area contributed by atoms with E-state index in [9.17, 15) is 9.90 Å². The third-order valence-corrected chi connectivity index (χ3v) is 3.27. The Kier molecular flexibility index (Phi) is 3.71. The number of carbonyl (C=O) groups is 1. The fraction of sp³-hybridized carbons (Fsp3) is 0.267. The molecule has 4 nitrogen and oxygen atoms in total. The van der Waals surface area contributed by atoms with Crippen molar-refractivity contribution in [3.8, 4) is 0 Å². The highest BCUT2D eigenvalue weighted by Gasteiger charge is 2.16. The molecule has 0 aliphatic heterocycles. The van der Waals surface area contributed by atoms with E-state index in [1.165, 1.54) is 0 Å². The molecule has 100 valence electrons. The van der Waals surface area contributed by atoms with Gasteiger partial charge in [-0.2, -0.15) is 0 Å². The highest BCUT2D eigenvalue weighted by Crippen LogP contribution is 2.23. The number of hydrogen-bond acceptors (Lipinski definition) is 2. The number of nitrogens with zero attached hydrogens (tertiary/aromatic N) is 1. The molecule has 1 atom stereocenters. The first-order chi connectivity index (χ1) is 8.99. The maximum absolute atomic E-state index is 10.7. The summed E-state index contributed by atoms with van der Waals surface area (Å²) in [6, 6.07) is 11.1. The smallest absolute Gasteiger partial charge is 0.309 e. The molecule has 2 N–H and O–H groups in total. The van der Waals surface area contributed by atoms with Gasteiger partial charge < -0.3 is 14.8 Å². The summed E-state index contributed by atoms with van der Waals surface area (Å²) in [7, 11) is 1.77. The third kappa shape index (κ3) is 2.85. The quantitative estimate of drug-likeness (QED) is 0.883. The maximum atomic E-state index is 10.7. The zero-order chi connectivity index (χ0) is 14.0. The van der Waals surface area contributed by atoms with Crippen LogP contribution < -0.4 is 0 Å². The van der Waals surface area contributed by atoms with Gasteiger partial charge in [-0.25, -0.2) is 0 Å². The molecule has 0 radical (unpaired) electrons. The number of aliphatic hydroxyl groups excluding tert-OH is 1. The Balaban J connectivity index is 2.29. The predicted octanol–water partition coefficient (Wildman–Crippen LogP) is 2.04. The summed E-state index contributed by atoms with van der Waals surface area (Å²) < 4.78 is 1.73. The Morgan fingerprint density at radius 2 is 1.84 bits per heavy atom. The summed E-state index contributed by atoms with van der Waals surface area (Å²) >= 11 is 0. The van der Waals surface area contributed by atoms with E-state index in [2.05, 4.69) is 0 Å². The number of aliphatic hydroxyl groups is 1. The van der Waals surface area contributed by atoms with E-state index in [-0.39, 0.29) is 6.42 Å². The second kappa shape index (κ2) is 5.28. The molecule has 0 saturated heterocycles. The molecule has 0 bridgehead atoms. The van der Waals surface area contributed by atoms with Crippen LogP contribution in [0.5, 0.6) is 0 Å². The number of benzene rings is 1. The lowest BCUT2D eigenvalue weighted by molar-refractivity contribution is -0.136. The Hall–Kier alpha value is -2.07. The van der Waals surface area contributed by atoms with E-state index in [0.717, 1.165) is 11.1 Å². The van der Waals surface area contributed by atoms with Gasteiger partial charge in [0.2, 0.25) is 0 Å². The van der Waals surface area contributed by atoms with Gasteiger partial charge in [0.25, 0.3) is 0 Å². The van der Waals surface area contributed by atoms with E-state index < -0.39 is 12.1 Å². The molecule has 19 heavy (non-hydrogen) atoms. The van der Waals surface area contributed by atoms with Crippen molar-refractivity contribution in [2.24, 2.45) is 7.05 Å². The lowest BCUT2D eigenvalue weighted by Gasteiger charge is -2.14. The normalized spacial score (nSPS) is 12.4. The molecule has 1 unspecified atom stereocenters. The molecular formula is C15H17NO3. The van der Waals surface area contributed by atoms with Crippen molar-refractivity contribution in [3.05, 3.63) is 58.9 Å². The number of hydrogen-bond donors (Lipinski definition) is 2. The SMILES string of the molecule is Cc1ccc(C(O)c2ccc(CC(=O)O)n2C)cc1. The Morgan fingerprint density at radius 3 is 2.42 bits per heavy atom. The van der Waals surface area contributed by atoms with Gasteiger partial charge in [-0.15, -0.1) is 0 Å². The van der Waals surface area contributed by atoms with Gasteiger partial charge >= 0.3 is 5.97 Å². The van der Waals surface area contributed by atoms with E-state index in [1.807, 2.05) is 31.2 Å². The number of aryl methyl sites for hydroxylation is 1. The van der Waals surface area contributed by atoms with Gasteiger partial charge in [-0.3, -0.25) is 4.79 Å². The fourth-order valence-electron chi connectivity index (χ4n) is 2.10. The number of rotatable bonds is 4. The number of aromatic nitrogens is 1. The largest absolute Gasteiger partial charge is 0.481 e. The van der Waals surface area contributed by atoms with Crippen molar-refractivity contribution in [1.82, 2.24) is 4.57 Å². The van der Waals surface area contributed by atoms with E-state index in [0.29, 0.717) is 11.4 Å². The van der Waals surface area contributed by atoms with E-state index in [4.69, 9.17) is 5.11 Å². The van der Waals surface area contributed by atoms with Crippen molar-refractivity contribution >= 4 is 5.97 Å². The molecule has 1 aromatic heterocycles. The van der Waals surface area contributed by atoms with E-state index in [1.54, 1.807) is 23.7 Å². The van der Waals surface area contributed by atoms with Crippen LogP contribution in [0.1, 0.15) is 28.6 Å². The summed E-state index contributed by atoms with van der Waals surface area (Å²) in [5.41, 5.74) is 3.30. The number of carboxylic acids is 1. The second-order valence-corrected chi connectivity index (χ2v) is 4.69. The molecule has 0 aliphatic rings. The van der Waals surface area contributed by atoms with Crippen LogP contribution in [0.2, 0.25) is 0 Å². The van der Waals surface area contributed by atoms with Crippen LogP contribution in [0, 0.1) is 6.92 Å². The molecule has 0 aliphatic carbocycles. The summed E-state index contributed by atoms with van der Waals surface area (Å²) in [6.45, 7) is 1.99. The highest BCUT2D eigenvalue weighted by atomic mass is 16.4. The van der Waals surface area contributed by atoms with Crippen molar-refractivity contribution in [1.29, 1.82) is 0 Å². The highest BCUT2D eigenvalue weighted by molar-refractivity contribution is 5.69. The molecule has 0 amide bonds. The molecule has 1 aromatic carbocycles. The van der Waals surface area contributed by atoms with Gasteiger partial charge in [-0.05, 0) is 24.6 Å². The van der Waals surface area contributed by atoms with Crippen LogP contribution in [0.25, 0.3) is 0 Å². The van der Waals surface area contributed by atoms with Crippen LogP contribution in [0.4, 0.5) is 0 Å². The first-order valence-corrected chi connectivity index (χ1v) is 6.10. The second-order valence-electron chi connectivity index (χ2n) is 4.69. The lowest BCUT2D eigenvalue weighted by Crippen LogP contribution is -2.10. The summed E-state index contributed by atoms with van der Waals surface area (Å²) in [4.78, 5) is 10.7. The fourth-order valence-corrected chi connectivity index (χ4v) is 2.10. The van der Waals surface area contributed by atoms with Gasteiger partial charge in [0.15, 0.2) is 0 Å².